The van der Waals surface area contributed by atoms with E-state index in [1.165, 1.54) is 0 Å². The quantitative estimate of drug-likeness (QED) is 0.847. The predicted molar refractivity (Wildman–Crippen MR) is 74.0 cm³/mol. The molecule has 0 aromatic heterocycles. The number of piperidine rings is 2. The summed E-state index contributed by atoms with van der Waals surface area (Å²) in [5.41, 5.74) is 0.135. The number of rotatable bonds is 3. The zero-order chi connectivity index (χ0) is 13.2. The fourth-order valence-electron chi connectivity index (χ4n) is 3.08. The summed E-state index contributed by atoms with van der Waals surface area (Å²) in [6.07, 6.45) is 4.27. The van der Waals surface area contributed by atoms with Gasteiger partial charge in [-0.25, -0.2) is 12.7 Å². The maximum absolute atomic E-state index is 12.4. The van der Waals surface area contributed by atoms with Gasteiger partial charge in [0, 0.05) is 13.1 Å². The minimum absolute atomic E-state index is 0.135. The maximum atomic E-state index is 12.4. The van der Waals surface area contributed by atoms with E-state index in [0.717, 1.165) is 38.8 Å². The van der Waals surface area contributed by atoms with Crippen LogP contribution in [-0.4, -0.2) is 44.7 Å². The molecule has 2 heterocycles. The molecule has 4 nitrogen and oxygen atoms in total. The van der Waals surface area contributed by atoms with E-state index in [0.29, 0.717) is 24.8 Å². The molecule has 1 unspecified atom stereocenters. The molecule has 1 atom stereocenters. The van der Waals surface area contributed by atoms with Gasteiger partial charge < -0.3 is 5.32 Å². The minimum Gasteiger partial charge on any atom is -0.316 e. The average Bonchev–Trinajstić information content (AvgIpc) is 2.28. The fraction of sp³-hybridized carbons (Fsp3) is 1.00. The fourth-order valence-corrected chi connectivity index (χ4v) is 5.12. The molecule has 0 aromatic rings. The number of hydrogen-bond acceptors (Lipinski definition) is 3. The first-order valence-electron chi connectivity index (χ1n) is 7.08. The van der Waals surface area contributed by atoms with Gasteiger partial charge >= 0.3 is 0 Å². The van der Waals surface area contributed by atoms with Crippen molar-refractivity contribution in [2.45, 2.75) is 39.5 Å². The summed E-state index contributed by atoms with van der Waals surface area (Å²) in [6.45, 7) is 7.62. The SMILES string of the molecule is CC1(C)CCCN(S(=O)(=O)CC2CCCNC2)C1. The second-order valence-corrected chi connectivity index (χ2v) is 8.61. The Hall–Kier alpha value is -0.130. The van der Waals surface area contributed by atoms with Gasteiger partial charge in [-0.3, -0.25) is 0 Å². The van der Waals surface area contributed by atoms with Gasteiger partial charge in [-0.05, 0) is 50.1 Å². The van der Waals surface area contributed by atoms with Crippen molar-refractivity contribution in [2.24, 2.45) is 11.3 Å². The van der Waals surface area contributed by atoms with Crippen LogP contribution in [0.1, 0.15) is 39.5 Å². The second kappa shape index (κ2) is 5.47. The van der Waals surface area contributed by atoms with Gasteiger partial charge in [-0.1, -0.05) is 13.8 Å². The van der Waals surface area contributed by atoms with E-state index in [1.807, 2.05) is 0 Å². The summed E-state index contributed by atoms with van der Waals surface area (Å²) >= 11 is 0. The highest BCUT2D eigenvalue weighted by molar-refractivity contribution is 7.89. The Labute approximate surface area is 111 Å². The predicted octanol–water partition coefficient (Wildman–Crippen LogP) is 1.44. The molecule has 0 radical (unpaired) electrons. The first-order valence-corrected chi connectivity index (χ1v) is 8.69. The molecular weight excluding hydrogens is 248 g/mol. The number of sulfonamides is 1. The van der Waals surface area contributed by atoms with Crippen molar-refractivity contribution in [3.8, 4) is 0 Å². The lowest BCUT2D eigenvalue weighted by molar-refractivity contribution is 0.186. The van der Waals surface area contributed by atoms with Crippen molar-refractivity contribution in [3.63, 3.8) is 0 Å². The molecule has 2 fully saturated rings. The third-order valence-electron chi connectivity index (χ3n) is 4.10. The molecule has 1 N–H and O–H groups in total. The van der Waals surface area contributed by atoms with Crippen molar-refractivity contribution < 1.29 is 8.42 Å². The van der Waals surface area contributed by atoms with Crippen molar-refractivity contribution in [1.82, 2.24) is 9.62 Å². The largest absolute Gasteiger partial charge is 0.316 e. The Morgan fingerprint density at radius 1 is 1.33 bits per heavy atom. The third kappa shape index (κ3) is 3.68. The van der Waals surface area contributed by atoms with Crippen LogP contribution in [0.15, 0.2) is 0 Å². The first kappa shape index (κ1) is 14.3. The van der Waals surface area contributed by atoms with Crippen molar-refractivity contribution >= 4 is 10.0 Å². The van der Waals surface area contributed by atoms with Gasteiger partial charge in [-0.15, -0.1) is 0 Å². The Bertz CT molecular complexity index is 372. The number of nitrogens with one attached hydrogen (secondary N) is 1. The zero-order valence-electron chi connectivity index (χ0n) is 11.6. The van der Waals surface area contributed by atoms with Crippen LogP contribution in [0.3, 0.4) is 0 Å². The van der Waals surface area contributed by atoms with Gasteiger partial charge in [0.2, 0.25) is 10.0 Å². The summed E-state index contributed by atoms with van der Waals surface area (Å²) in [7, 11) is -3.06. The van der Waals surface area contributed by atoms with Crippen LogP contribution in [0.4, 0.5) is 0 Å². The summed E-state index contributed by atoms with van der Waals surface area (Å²) < 4.78 is 26.6. The molecule has 106 valence electrons. The van der Waals surface area contributed by atoms with E-state index in [-0.39, 0.29) is 5.41 Å². The summed E-state index contributed by atoms with van der Waals surface area (Å²) in [5, 5.41) is 3.29. The highest BCUT2D eigenvalue weighted by atomic mass is 32.2. The Morgan fingerprint density at radius 2 is 2.11 bits per heavy atom. The molecule has 2 saturated heterocycles. The van der Waals surface area contributed by atoms with Gasteiger partial charge in [0.05, 0.1) is 5.75 Å². The molecule has 0 aliphatic carbocycles. The second-order valence-electron chi connectivity index (χ2n) is 6.59. The molecule has 0 saturated carbocycles. The summed E-state index contributed by atoms with van der Waals surface area (Å²) in [4.78, 5) is 0. The molecule has 18 heavy (non-hydrogen) atoms. The zero-order valence-corrected chi connectivity index (χ0v) is 12.4. The molecule has 2 aliphatic heterocycles. The van der Waals surface area contributed by atoms with Gasteiger partial charge in [0.1, 0.15) is 0 Å². The van der Waals surface area contributed by atoms with E-state index >= 15 is 0 Å². The van der Waals surface area contributed by atoms with E-state index in [1.54, 1.807) is 4.31 Å². The topological polar surface area (TPSA) is 49.4 Å². The third-order valence-corrected chi connectivity index (χ3v) is 6.10. The molecular formula is C13H26N2O2S. The van der Waals surface area contributed by atoms with Gasteiger partial charge in [0.15, 0.2) is 0 Å². The molecule has 2 aliphatic rings. The van der Waals surface area contributed by atoms with E-state index in [9.17, 15) is 8.42 Å². The highest BCUT2D eigenvalue weighted by Gasteiger charge is 2.34. The maximum Gasteiger partial charge on any atom is 0.214 e. The summed E-state index contributed by atoms with van der Waals surface area (Å²) in [6, 6.07) is 0. The highest BCUT2D eigenvalue weighted by Crippen LogP contribution is 2.30. The van der Waals surface area contributed by atoms with Crippen LogP contribution in [0.25, 0.3) is 0 Å². The average molecular weight is 274 g/mol. The van der Waals surface area contributed by atoms with E-state index in [4.69, 9.17) is 0 Å². The van der Waals surface area contributed by atoms with Crippen molar-refractivity contribution in [2.75, 3.05) is 31.9 Å². The van der Waals surface area contributed by atoms with Gasteiger partial charge in [0.25, 0.3) is 0 Å². The molecule has 0 spiro atoms. The summed E-state index contributed by atoms with van der Waals surface area (Å²) in [5.74, 6) is 0.629. The molecule has 5 heteroatoms. The van der Waals surface area contributed by atoms with Crippen molar-refractivity contribution in [1.29, 1.82) is 0 Å². The Morgan fingerprint density at radius 3 is 2.72 bits per heavy atom. The van der Waals surface area contributed by atoms with Crippen molar-refractivity contribution in [3.05, 3.63) is 0 Å². The Kier molecular flexibility index (Phi) is 4.34. The molecule has 0 bridgehead atoms. The van der Waals surface area contributed by atoms with Crippen LogP contribution in [-0.2, 0) is 10.0 Å². The van der Waals surface area contributed by atoms with Crippen LogP contribution < -0.4 is 5.32 Å². The van der Waals surface area contributed by atoms with Crippen LogP contribution >= 0.6 is 0 Å². The minimum atomic E-state index is -3.06. The van der Waals surface area contributed by atoms with Crippen LogP contribution in [0, 0.1) is 11.3 Å². The number of hydrogen-bond donors (Lipinski definition) is 1. The van der Waals surface area contributed by atoms with Gasteiger partial charge in [-0.2, -0.15) is 0 Å². The lowest BCUT2D eigenvalue weighted by Crippen LogP contribution is -2.46. The molecule has 2 rings (SSSR count). The van der Waals surface area contributed by atoms with Crippen LogP contribution in [0.5, 0.6) is 0 Å². The smallest absolute Gasteiger partial charge is 0.214 e. The lowest BCUT2D eigenvalue weighted by Gasteiger charge is -2.38. The Balaban J connectivity index is 1.97. The monoisotopic (exact) mass is 274 g/mol. The van der Waals surface area contributed by atoms with Crippen LogP contribution in [0.2, 0.25) is 0 Å². The first-order chi connectivity index (χ1) is 8.39. The normalized spacial score (nSPS) is 30.2. The molecule has 0 amide bonds. The lowest BCUT2D eigenvalue weighted by atomic mass is 9.85. The van der Waals surface area contributed by atoms with E-state index in [2.05, 4.69) is 19.2 Å². The molecule has 0 aromatic carbocycles. The number of nitrogens with zero attached hydrogens (tertiary/aromatic N) is 1. The van der Waals surface area contributed by atoms with E-state index < -0.39 is 10.0 Å². The standard InChI is InChI=1S/C13H26N2O2S/c1-13(2)6-4-8-15(11-13)18(16,17)10-12-5-3-7-14-9-12/h12,14H,3-11H2,1-2H3.